The SMILES string of the molecule is C[C@@]1(c2cccc(NC(=O)Oc3ccc(Br)cn3)c2)COCC(N)=N1. The van der Waals surface area contributed by atoms with Gasteiger partial charge >= 0.3 is 6.09 Å². The molecule has 0 aliphatic carbocycles. The van der Waals surface area contributed by atoms with E-state index >= 15 is 0 Å². The molecular weight excluding hydrogens is 388 g/mol. The minimum absolute atomic E-state index is 0.210. The lowest BCUT2D eigenvalue weighted by atomic mass is 9.92. The van der Waals surface area contributed by atoms with E-state index in [1.807, 2.05) is 25.1 Å². The summed E-state index contributed by atoms with van der Waals surface area (Å²) in [4.78, 5) is 20.5. The molecule has 2 heterocycles. The molecule has 0 saturated heterocycles. The fourth-order valence-corrected chi connectivity index (χ4v) is 2.71. The number of nitrogens with one attached hydrogen (secondary N) is 1. The van der Waals surface area contributed by atoms with Crippen molar-refractivity contribution in [3.8, 4) is 5.88 Å². The molecular formula is C17H17BrN4O3. The number of amidine groups is 1. The molecule has 25 heavy (non-hydrogen) atoms. The number of halogens is 1. The molecule has 0 spiro atoms. The topological polar surface area (TPSA) is 98.8 Å². The second kappa shape index (κ2) is 7.20. The summed E-state index contributed by atoms with van der Waals surface area (Å²) in [5.74, 6) is 0.662. The molecule has 0 unspecified atom stereocenters. The highest BCUT2D eigenvalue weighted by Gasteiger charge is 2.30. The second-order valence-corrected chi connectivity index (χ2v) is 6.70. The van der Waals surface area contributed by atoms with E-state index in [2.05, 4.69) is 31.2 Å². The third-order valence-corrected chi connectivity index (χ3v) is 4.12. The highest BCUT2D eigenvalue weighted by Crippen LogP contribution is 2.30. The average Bonchev–Trinajstić information content (AvgIpc) is 2.57. The Hall–Kier alpha value is -2.45. The fraction of sp³-hybridized carbons (Fsp3) is 0.235. The number of aliphatic imine (C=N–C) groups is 1. The molecule has 1 aromatic heterocycles. The van der Waals surface area contributed by atoms with Gasteiger partial charge in [-0.1, -0.05) is 12.1 Å². The van der Waals surface area contributed by atoms with Crippen LogP contribution in [0.25, 0.3) is 0 Å². The maximum atomic E-state index is 12.0. The summed E-state index contributed by atoms with van der Waals surface area (Å²) in [7, 11) is 0. The van der Waals surface area contributed by atoms with E-state index in [0.29, 0.717) is 24.7 Å². The first-order valence-corrected chi connectivity index (χ1v) is 8.37. The number of benzene rings is 1. The van der Waals surface area contributed by atoms with E-state index < -0.39 is 11.6 Å². The molecule has 0 bridgehead atoms. The van der Waals surface area contributed by atoms with Crippen molar-refractivity contribution in [1.29, 1.82) is 0 Å². The number of hydrogen-bond donors (Lipinski definition) is 2. The molecule has 130 valence electrons. The van der Waals surface area contributed by atoms with Crippen LogP contribution in [-0.2, 0) is 10.3 Å². The minimum atomic E-state index is -0.625. The van der Waals surface area contributed by atoms with Crippen molar-refractivity contribution in [3.05, 3.63) is 52.6 Å². The number of ether oxygens (including phenoxy) is 2. The second-order valence-electron chi connectivity index (χ2n) is 5.78. The molecule has 1 amide bonds. The van der Waals surface area contributed by atoms with Gasteiger partial charge in [0.15, 0.2) is 0 Å². The van der Waals surface area contributed by atoms with Crippen LogP contribution in [-0.4, -0.2) is 30.1 Å². The van der Waals surface area contributed by atoms with Gasteiger partial charge in [-0.25, -0.2) is 9.78 Å². The smallest absolute Gasteiger partial charge is 0.391 e. The molecule has 3 rings (SSSR count). The van der Waals surface area contributed by atoms with Crippen molar-refractivity contribution >= 4 is 33.5 Å². The molecule has 1 aromatic carbocycles. The van der Waals surface area contributed by atoms with Crippen molar-refractivity contribution in [2.24, 2.45) is 10.7 Å². The van der Waals surface area contributed by atoms with Crippen molar-refractivity contribution in [1.82, 2.24) is 4.98 Å². The predicted octanol–water partition coefficient (Wildman–Crippen LogP) is 3.06. The quantitative estimate of drug-likeness (QED) is 0.818. The van der Waals surface area contributed by atoms with E-state index in [4.69, 9.17) is 15.2 Å². The lowest BCUT2D eigenvalue weighted by Gasteiger charge is -2.30. The van der Waals surface area contributed by atoms with E-state index in [9.17, 15) is 4.79 Å². The zero-order valence-electron chi connectivity index (χ0n) is 13.5. The molecule has 1 aliphatic heterocycles. The van der Waals surface area contributed by atoms with Crippen LogP contribution in [0.1, 0.15) is 12.5 Å². The molecule has 0 radical (unpaired) electrons. The molecule has 1 atom stereocenters. The summed E-state index contributed by atoms with van der Waals surface area (Å²) in [6.45, 7) is 2.69. The number of nitrogens with zero attached hydrogens (tertiary/aromatic N) is 2. The maximum Gasteiger partial charge on any atom is 0.418 e. The largest absolute Gasteiger partial charge is 0.418 e. The van der Waals surface area contributed by atoms with E-state index in [-0.39, 0.29) is 5.88 Å². The summed E-state index contributed by atoms with van der Waals surface area (Å²) in [5.41, 5.74) is 6.67. The monoisotopic (exact) mass is 404 g/mol. The first kappa shape index (κ1) is 17.4. The molecule has 0 fully saturated rings. The van der Waals surface area contributed by atoms with Gasteiger partial charge in [0.1, 0.15) is 18.0 Å². The van der Waals surface area contributed by atoms with Gasteiger partial charge in [-0.15, -0.1) is 0 Å². The molecule has 8 heteroatoms. The summed E-state index contributed by atoms with van der Waals surface area (Å²) in [6.07, 6.45) is 0.926. The van der Waals surface area contributed by atoms with Gasteiger partial charge in [0.25, 0.3) is 0 Å². The van der Waals surface area contributed by atoms with Gasteiger partial charge in [-0.05, 0) is 46.6 Å². The minimum Gasteiger partial charge on any atom is -0.391 e. The Labute approximate surface area is 153 Å². The van der Waals surface area contributed by atoms with E-state index in [0.717, 1.165) is 10.0 Å². The number of pyridine rings is 1. The van der Waals surface area contributed by atoms with Crippen LogP contribution in [0.15, 0.2) is 52.1 Å². The summed E-state index contributed by atoms with van der Waals surface area (Å²) in [5, 5.41) is 2.68. The molecule has 7 nitrogen and oxygen atoms in total. The van der Waals surface area contributed by atoms with Crippen LogP contribution in [0.4, 0.5) is 10.5 Å². The fourth-order valence-electron chi connectivity index (χ4n) is 2.48. The van der Waals surface area contributed by atoms with Gasteiger partial charge in [0.05, 0.1) is 6.61 Å². The Bertz CT molecular complexity index is 810. The third-order valence-electron chi connectivity index (χ3n) is 3.65. The normalized spacial score (nSPS) is 19.8. The van der Waals surface area contributed by atoms with Crippen LogP contribution >= 0.6 is 15.9 Å². The van der Waals surface area contributed by atoms with Crippen LogP contribution in [0.5, 0.6) is 5.88 Å². The molecule has 0 saturated carbocycles. The van der Waals surface area contributed by atoms with E-state index in [1.165, 1.54) is 0 Å². The van der Waals surface area contributed by atoms with Gasteiger partial charge in [-0.3, -0.25) is 10.3 Å². The van der Waals surface area contributed by atoms with Crippen LogP contribution < -0.4 is 15.8 Å². The number of amides is 1. The Morgan fingerprint density at radius 2 is 2.24 bits per heavy atom. The van der Waals surface area contributed by atoms with Crippen molar-refractivity contribution in [3.63, 3.8) is 0 Å². The summed E-state index contributed by atoms with van der Waals surface area (Å²) in [6, 6.07) is 10.7. The number of aromatic nitrogens is 1. The molecule has 1 aliphatic rings. The van der Waals surface area contributed by atoms with Crippen molar-refractivity contribution in [2.45, 2.75) is 12.5 Å². The number of nitrogens with two attached hydrogens (primary N) is 1. The maximum absolute atomic E-state index is 12.0. The molecule has 3 N–H and O–H groups in total. The number of hydrogen-bond acceptors (Lipinski definition) is 6. The van der Waals surface area contributed by atoms with Crippen LogP contribution in [0.2, 0.25) is 0 Å². The third kappa shape index (κ3) is 4.34. The van der Waals surface area contributed by atoms with Crippen LogP contribution in [0, 0.1) is 0 Å². The average molecular weight is 405 g/mol. The molecule has 2 aromatic rings. The standard InChI is InChI=1S/C17H17BrN4O3/c1-17(10-24-9-14(19)22-17)11-3-2-4-13(7-11)21-16(23)25-15-6-5-12(18)8-20-15/h2-8H,9-10H2,1H3,(H2,19,22)(H,21,23)/t17-/m0/s1. The first-order valence-electron chi connectivity index (χ1n) is 7.57. The Morgan fingerprint density at radius 3 is 2.96 bits per heavy atom. The Kier molecular flexibility index (Phi) is 5.00. The van der Waals surface area contributed by atoms with Gasteiger partial charge < -0.3 is 15.2 Å². The predicted molar refractivity (Wildman–Crippen MR) is 97.8 cm³/mol. The lowest BCUT2D eigenvalue weighted by Crippen LogP contribution is -2.37. The highest BCUT2D eigenvalue weighted by atomic mass is 79.9. The lowest BCUT2D eigenvalue weighted by molar-refractivity contribution is 0.106. The Balaban J connectivity index is 1.72. The van der Waals surface area contributed by atoms with Gasteiger partial charge in [0.2, 0.25) is 5.88 Å². The Morgan fingerprint density at radius 1 is 1.40 bits per heavy atom. The highest BCUT2D eigenvalue weighted by molar-refractivity contribution is 9.10. The number of carbonyl (C=O) groups excluding carboxylic acids is 1. The number of carbonyl (C=O) groups is 1. The van der Waals surface area contributed by atoms with Crippen molar-refractivity contribution in [2.75, 3.05) is 18.5 Å². The summed E-state index contributed by atoms with van der Waals surface area (Å²) >= 11 is 3.27. The van der Waals surface area contributed by atoms with Crippen LogP contribution in [0.3, 0.4) is 0 Å². The van der Waals surface area contributed by atoms with Crippen molar-refractivity contribution < 1.29 is 14.3 Å². The van der Waals surface area contributed by atoms with Gasteiger partial charge in [0, 0.05) is 22.4 Å². The van der Waals surface area contributed by atoms with E-state index in [1.54, 1.807) is 24.4 Å². The zero-order valence-corrected chi connectivity index (χ0v) is 15.1. The van der Waals surface area contributed by atoms with Gasteiger partial charge in [-0.2, -0.15) is 0 Å². The first-order chi connectivity index (χ1) is 11.9. The number of rotatable bonds is 3. The number of anilines is 1. The summed E-state index contributed by atoms with van der Waals surface area (Å²) < 4.78 is 11.4. The zero-order chi connectivity index (χ0) is 17.9.